The molecule has 2 aromatic carbocycles. The summed E-state index contributed by atoms with van der Waals surface area (Å²) in [5, 5.41) is 4.00. The lowest BCUT2D eigenvalue weighted by molar-refractivity contribution is 0.629. The summed E-state index contributed by atoms with van der Waals surface area (Å²) >= 11 is 0. The molecule has 0 saturated carbocycles. The maximum absolute atomic E-state index is 13.4. The Hall–Kier alpha value is -2.09. The molecule has 132 valence electrons. The number of halogens is 2. The fourth-order valence-corrected chi connectivity index (χ4v) is 2.89. The zero-order chi connectivity index (χ0) is 17.1. The van der Waals surface area contributed by atoms with E-state index < -0.39 is 0 Å². The number of aliphatic imine (C=N–C) groups is 1. The second kappa shape index (κ2) is 8.33. The summed E-state index contributed by atoms with van der Waals surface area (Å²) in [6.07, 6.45) is 2.59. The molecule has 0 amide bonds. The number of fused-ring (bicyclic) bond motifs is 1. The lowest BCUT2D eigenvalue weighted by Crippen LogP contribution is -2.23. The van der Waals surface area contributed by atoms with Gasteiger partial charge in [-0.1, -0.05) is 6.07 Å². The number of nitrogens with zero attached hydrogens (tertiary/aromatic N) is 1. The van der Waals surface area contributed by atoms with Crippen molar-refractivity contribution >= 4 is 46.5 Å². The normalized spacial score (nSPS) is 11.4. The molecule has 3 aromatic rings. The summed E-state index contributed by atoms with van der Waals surface area (Å²) in [5.41, 5.74) is 11.2. The Labute approximate surface area is 163 Å². The highest BCUT2D eigenvalue weighted by molar-refractivity contribution is 14.0. The van der Waals surface area contributed by atoms with E-state index in [0.717, 1.165) is 22.2 Å². The van der Waals surface area contributed by atoms with E-state index in [1.54, 1.807) is 12.1 Å². The Morgan fingerprint density at radius 3 is 2.60 bits per heavy atom. The lowest BCUT2D eigenvalue weighted by atomic mass is 10.1. The van der Waals surface area contributed by atoms with Crippen molar-refractivity contribution in [3.63, 3.8) is 0 Å². The summed E-state index contributed by atoms with van der Waals surface area (Å²) in [6.45, 7) is 4.62. The highest BCUT2D eigenvalue weighted by atomic mass is 127. The van der Waals surface area contributed by atoms with Gasteiger partial charge >= 0.3 is 0 Å². The van der Waals surface area contributed by atoms with Gasteiger partial charge in [-0.3, -0.25) is 4.99 Å². The van der Waals surface area contributed by atoms with Gasteiger partial charge in [0.05, 0.1) is 0 Å². The first-order chi connectivity index (χ1) is 11.5. The van der Waals surface area contributed by atoms with Gasteiger partial charge < -0.3 is 16.0 Å². The minimum atomic E-state index is -0.233. The van der Waals surface area contributed by atoms with E-state index in [0.29, 0.717) is 18.9 Å². The number of rotatable bonds is 4. The van der Waals surface area contributed by atoms with Crippen molar-refractivity contribution in [2.75, 3.05) is 11.9 Å². The molecule has 0 bridgehead atoms. The Morgan fingerprint density at radius 2 is 1.88 bits per heavy atom. The highest BCUT2D eigenvalue weighted by Crippen LogP contribution is 2.20. The SMILES string of the molecule is Cc1cc(C)cc(NC(N)=NCCc2c[nH]c3ccc(F)cc23)c1.I. The van der Waals surface area contributed by atoms with Crippen molar-refractivity contribution in [2.24, 2.45) is 10.7 Å². The molecule has 0 unspecified atom stereocenters. The molecule has 4 N–H and O–H groups in total. The van der Waals surface area contributed by atoms with Crippen LogP contribution >= 0.6 is 24.0 Å². The van der Waals surface area contributed by atoms with E-state index in [9.17, 15) is 4.39 Å². The van der Waals surface area contributed by atoms with Crippen LogP contribution in [0.2, 0.25) is 0 Å². The van der Waals surface area contributed by atoms with E-state index in [-0.39, 0.29) is 29.8 Å². The first-order valence-electron chi connectivity index (χ1n) is 7.92. The highest BCUT2D eigenvalue weighted by Gasteiger charge is 2.04. The molecule has 4 nitrogen and oxygen atoms in total. The zero-order valence-corrected chi connectivity index (χ0v) is 16.6. The van der Waals surface area contributed by atoms with Gasteiger partial charge in [0.15, 0.2) is 5.96 Å². The summed E-state index contributed by atoms with van der Waals surface area (Å²) in [6, 6.07) is 10.9. The third kappa shape index (κ3) is 4.94. The van der Waals surface area contributed by atoms with Gasteiger partial charge in [0, 0.05) is 29.3 Å². The number of H-pyrrole nitrogens is 1. The molecule has 0 saturated heterocycles. The average Bonchev–Trinajstić information content (AvgIpc) is 2.88. The van der Waals surface area contributed by atoms with Crippen LogP contribution < -0.4 is 11.1 Å². The minimum Gasteiger partial charge on any atom is -0.370 e. The van der Waals surface area contributed by atoms with Gasteiger partial charge in [0.1, 0.15) is 5.82 Å². The van der Waals surface area contributed by atoms with Crippen molar-refractivity contribution in [1.82, 2.24) is 4.98 Å². The summed E-state index contributed by atoms with van der Waals surface area (Å²) in [5.74, 6) is 0.147. The zero-order valence-electron chi connectivity index (χ0n) is 14.3. The van der Waals surface area contributed by atoms with Crippen molar-refractivity contribution in [2.45, 2.75) is 20.3 Å². The van der Waals surface area contributed by atoms with Gasteiger partial charge in [-0.15, -0.1) is 24.0 Å². The third-order valence-electron chi connectivity index (χ3n) is 3.89. The van der Waals surface area contributed by atoms with Gasteiger partial charge in [-0.2, -0.15) is 0 Å². The molecule has 0 spiro atoms. The van der Waals surface area contributed by atoms with Gasteiger partial charge in [-0.25, -0.2) is 4.39 Å². The maximum Gasteiger partial charge on any atom is 0.193 e. The molecule has 0 aliphatic heterocycles. The van der Waals surface area contributed by atoms with Crippen molar-refractivity contribution in [3.05, 3.63) is 65.1 Å². The molecule has 0 atom stereocenters. The van der Waals surface area contributed by atoms with Crippen molar-refractivity contribution in [3.8, 4) is 0 Å². The first kappa shape index (κ1) is 19.2. The lowest BCUT2D eigenvalue weighted by Gasteiger charge is -2.08. The molecule has 1 aromatic heterocycles. The van der Waals surface area contributed by atoms with Crippen molar-refractivity contribution in [1.29, 1.82) is 0 Å². The molecule has 3 rings (SSSR count). The smallest absolute Gasteiger partial charge is 0.193 e. The number of aromatic amines is 1. The number of aryl methyl sites for hydroxylation is 2. The number of hydrogen-bond acceptors (Lipinski definition) is 1. The number of nitrogens with one attached hydrogen (secondary N) is 2. The second-order valence-corrected chi connectivity index (χ2v) is 6.02. The number of hydrogen-bond donors (Lipinski definition) is 3. The van der Waals surface area contributed by atoms with Crippen LogP contribution in [0, 0.1) is 19.7 Å². The predicted octanol–water partition coefficient (Wildman–Crippen LogP) is 4.51. The number of anilines is 1. The van der Waals surface area contributed by atoms with Crippen LogP contribution in [-0.4, -0.2) is 17.5 Å². The molecule has 0 radical (unpaired) electrons. The molecule has 25 heavy (non-hydrogen) atoms. The predicted molar refractivity (Wildman–Crippen MR) is 113 cm³/mol. The fraction of sp³-hybridized carbons (Fsp3) is 0.211. The molecule has 0 aliphatic rings. The van der Waals surface area contributed by atoms with Crippen LogP contribution in [-0.2, 0) is 6.42 Å². The number of aromatic nitrogens is 1. The van der Waals surface area contributed by atoms with E-state index in [2.05, 4.69) is 21.4 Å². The molecule has 6 heteroatoms. The Bertz CT molecular complexity index is 881. The maximum atomic E-state index is 13.4. The van der Waals surface area contributed by atoms with E-state index in [1.165, 1.54) is 17.2 Å². The standard InChI is InChI=1S/C19H21FN4.HI/c1-12-7-13(2)9-16(8-12)24-19(21)22-6-5-14-11-23-18-4-3-15(20)10-17(14)18;/h3-4,7-11,23H,5-6H2,1-2H3,(H3,21,22,24);1H. The van der Waals surface area contributed by atoms with Crippen LogP contribution in [0.3, 0.4) is 0 Å². The van der Waals surface area contributed by atoms with Crippen LogP contribution in [0.5, 0.6) is 0 Å². The Morgan fingerprint density at radius 1 is 1.16 bits per heavy atom. The summed E-state index contributed by atoms with van der Waals surface area (Å²) in [7, 11) is 0. The van der Waals surface area contributed by atoms with Crippen LogP contribution in [0.4, 0.5) is 10.1 Å². The number of nitrogens with two attached hydrogens (primary N) is 1. The summed E-state index contributed by atoms with van der Waals surface area (Å²) < 4.78 is 13.4. The molecule has 0 fully saturated rings. The van der Waals surface area contributed by atoms with Gasteiger partial charge in [0.2, 0.25) is 0 Å². The van der Waals surface area contributed by atoms with E-state index in [4.69, 9.17) is 5.73 Å². The molecular weight excluding hydrogens is 430 g/mol. The largest absolute Gasteiger partial charge is 0.370 e. The van der Waals surface area contributed by atoms with E-state index in [1.807, 2.05) is 32.2 Å². The number of benzene rings is 2. The molecule has 0 aliphatic carbocycles. The molecule has 1 heterocycles. The third-order valence-corrected chi connectivity index (χ3v) is 3.89. The van der Waals surface area contributed by atoms with Crippen LogP contribution in [0.1, 0.15) is 16.7 Å². The quantitative estimate of drug-likeness (QED) is 0.310. The average molecular weight is 452 g/mol. The Balaban J connectivity index is 0.00000225. The monoisotopic (exact) mass is 452 g/mol. The minimum absolute atomic E-state index is 0. The molecular formula is C19H22FIN4. The van der Waals surface area contributed by atoms with E-state index >= 15 is 0 Å². The fourth-order valence-electron chi connectivity index (χ4n) is 2.89. The topological polar surface area (TPSA) is 66.2 Å². The van der Waals surface area contributed by atoms with Crippen LogP contribution in [0.15, 0.2) is 47.6 Å². The second-order valence-electron chi connectivity index (χ2n) is 6.02. The van der Waals surface area contributed by atoms with Gasteiger partial charge in [0.25, 0.3) is 0 Å². The first-order valence-corrected chi connectivity index (χ1v) is 7.92. The number of guanidine groups is 1. The van der Waals surface area contributed by atoms with Crippen molar-refractivity contribution < 1.29 is 4.39 Å². The Kier molecular flexibility index (Phi) is 6.41. The van der Waals surface area contributed by atoms with Crippen LogP contribution in [0.25, 0.3) is 10.9 Å². The van der Waals surface area contributed by atoms with Gasteiger partial charge in [-0.05, 0) is 67.3 Å². The summed E-state index contributed by atoms with van der Waals surface area (Å²) in [4.78, 5) is 7.50.